The van der Waals surface area contributed by atoms with Crippen LogP contribution in [0.25, 0.3) is 21.3 Å². The largest absolute Gasteiger partial charge is 0.257 e. The lowest BCUT2D eigenvalue weighted by molar-refractivity contribution is 0.972. The number of hydrogen-bond acceptors (Lipinski definition) is 6. The Hall–Kier alpha value is -1.96. The van der Waals surface area contributed by atoms with Gasteiger partial charge in [-0.1, -0.05) is 47.7 Å². The van der Waals surface area contributed by atoms with E-state index in [4.69, 9.17) is 4.98 Å². The molecule has 4 aromatic rings. The molecule has 1 aromatic carbocycles. The Balaban J connectivity index is 1.42. The number of aryl methyl sites for hydroxylation is 1. The van der Waals surface area contributed by atoms with Crippen LogP contribution in [0.2, 0.25) is 0 Å². The smallest absolute Gasteiger partial charge is 0.209 e. The first kappa shape index (κ1) is 15.6. The zero-order valence-electron chi connectivity index (χ0n) is 12.9. The summed E-state index contributed by atoms with van der Waals surface area (Å²) in [6.07, 6.45) is 0. The normalized spacial score (nSPS) is 11.0. The average molecular weight is 371 g/mol. The molecule has 0 bridgehead atoms. The second-order valence-corrected chi connectivity index (χ2v) is 7.99. The van der Waals surface area contributed by atoms with Crippen LogP contribution in [-0.2, 0) is 5.75 Å². The molecule has 7 heteroatoms. The van der Waals surface area contributed by atoms with Gasteiger partial charge in [0.05, 0.1) is 10.6 Å². The van der Waals surface area contributed by atoms with Crippen LogP contribution < -0.4 is 0 Å². The maximum atomic E-state index is 4.72. The first-order valence-electron chi connectivity index (χ1n) is 7.38. The molecule has 0 aliphatic carbocycles. The Morgan fingerprint density at radius 2 is 1.96 bits per heavy atom. The van der Waals surface area contributed by atoms with Gasteiger partial charge in [-0.25, -0.2) is 9.97 Å². The van der Waals surface area contributed by atoms with E-state index in [2.05, 4.69) is 51.8 Å². The van der Waals surface area contributed by atoms with Gasteiger partial charge in [-0.15, -0.1) is 27.8 Å². The predicted molar refractivity (Wildman–Crippen MR) is 102 cm³/mol. The third-order valence-electron chi connectivity index (χ3n) is 3.42. The van der Waals surface area contributed by atoms with Crippen molar-refractivity contribution in [1.82, 2.24) is 20.2 Å². The second-order valence-electron chi connectivity index (χ2n) is 5.24. The summed E-state index contributed by atoms with van der Waals surface area (Å²) in [5, 5.41) is 13.2. The van der Waals surface area contributed by atoms with Crippen molar-refractivity contribution >= 4 is 34.4 Å². The molecule has 0 amide bonds. The monoisotopic (exact) mass is 370 g/mol. The van der Waals surface area contributed by atoms with E-state index in [1.165, 1.54) is 11.1 Å². The highest BCUT2D eigenvalue weighted by Crippen LogP contribution is 2.28. The van der Waals surface area contributed by atoms with Gasteiger partial charge in [-0.2, -0.15) is 0 Å². The van der Waals surface area contributed by atoms with Gasteiger partial charge in [0, 0.05) is 16.7 Å². The summed E-state index contributed by atoms with van der Waals surface area (Å²) < 4.78 is 0. The summed E-state index contributed by atoms with van der Waals surface area (Å²) in [6, 6.07) is 12.5. The summed E-state index contributed by atoms with van der Waals surface area (Å²) in [6.45, 7) is 2.09. The molecule has 0 saturated heterocycles. The maximum Gasteiger partial charge on any atom is 0.209 e. The van der Waals surface area contributed by atoms with E-state index in [-0.39, 0.29) is 0 Å². The number of thiazole rings is 1. The Bertz CT molecular complexity index is 923. The average Bonchev–Trinajstić information content (AvgIpc) is 3.34. The Morgan fingerprint density at radius 3 is 2.75 bits per heavy atom. The van der Waals surface area contributed by atoms with Crippen molar-refractivity contribution in [3.05, 3.63) is 58.4 Å². The van der Waals surface area contributed by atoms with Crippen molar-refractivity contribution < 1.29 is 0 Å². The highest BCUT2D eigenvalue weighted by molar-refractivity contribution is 7.98. The SMILES string of the molecule is Cc1ccc(-c2nc(CSc3n[nH]c(-c4cccs4)n3)cs2)cc1. The molecular weight excluding hydrogens is 356 g/mol. The standard InChI is InChI=1S/C17H14N4S3/c1-11-4-6-12(7-5-11)16-18-13(9-23-16)10-24-17-19-15(20-21-17)14-3-2-8-22-14/h2-9H,10H2,1H3,(H,19,20,21). The highest BCUT2D eigenvalue weighted by Gasteiger charge is 2.09. The summed E-state index contributed by atoms with van der Waals surface area (Å²) >= 11 is 4.93. The molecule has 0 fully saturated rings. The zero-order chi connectivity index (χ0) is 16.4. The second kappa shape index (κ2) is 6.88. The third-order valence-corrected chi connectivity index (χ3v) is 6.12. The number of thiophene rings is 1. The van der Waals surface area contributed by atoms with Crippen molar-refractivity contribution in [1.29, 1.82) is 0 Å². The number of thioether (sulfide) groups is 1. The van der Waals surface area contributed by atoms with E-state index in [0.717, 1.165) is 32.3 Å². The van der Waals surface area contributed by atoms with E-state index in [9.17, 15) is 0 Å². The number of H-pyrrole nitrogens is 1. The van der Waals surface area contributed by atoms with Crippen LogP contribution in [0.3, 0.4) is 0 Å². The van der Waals surface area contributed by atoms with Gasteiger partial charge in [0.2, 0.25) is 5.16 Å². The van der Waals surface area contributed by atoms with E-state index >= 15 is 0 Å². The number of aromatic amines is 1. The van der Waals surface area contributed by atoms with Crippen molar-refractivity contribution in [3.8, 4) is 21.3 Å². The fourth-order valence-corrected chi connectivity index (χ4v) is 4.46. The molecular formula is C17H14N4S3. The minimum Gasteiger partial charge on any atom is -0.257 e. The lowest BCUT2D eigenvalue weighted by atomic mass is 10.2. The number of aromatic nitrogens is 4. The molecule has 120 valence electrons. The van der Waals surface area contributed by atoms with E-state index in [0.29, 0.717) is 0 Å². The molecule has 4 nitrogen and oxygen atoms in total. The van der Waals surface area contributed by atoms with E-state index in [1.807, 2.05) is 17.5 Å². The van der Waals surface area contributed by atoms with Gasteiger partial charge in [0.1, 0.15) is 5.01 Å². The summed E-state index contributed by atoms with van der Waals surface area (Å²) in [5.74, 6) is 1.59. The Labute approximate surface area is 152 Å². The number of hydrogen-bond donors (Lipinski definition) is 1. The minimum atomic E-state index is 0.753. The lowest BCUT2D eigenvalue weighted by Gasteiger charge is -1.97. The van der Waals surface area contributed by atoms with Crippen LogP contribution in [0.5, 0.6) is 0 Å². The quantitative estimate of drug-likeness (QED) is 0.487. The van der Waals surface area contributed by atoms with Gasteiger partial charge in [-0.05, 0) is 18.4 Å². The summed E-state index contributed by atoms with van der Waals surface area (Å²) in [7, 11) is 0. The topological polar surface area (TPSA) is 54.5 Å². The molecule has 24 heavy (non-hydrogen) atoms. The van der Waals surface area contributed by atoms with Crippen molar-refractivity contribution in [3.63, 3.8) is 0 Å². The van der Waals surface area contributed by atoms with Crippen molar-refractivity contribution in [2.75, 3.05) is 0 Å². The zero-order valence-corrected chi connectivity index (χ0v) is 15.3. The lowest BCUT2D eigenvalue weighted by Crippen LogP contribution is -1.83. The Kier molecular flexibility index (Phi) is 4.46. The van der Waals surface area contributed by atoms with Crippen LogP contribution in [0, 0.1) is 6.92 Å². The number of nitrogens with one attached hydrogen (secondary N) is 1. The highest BCUT2D eigenvalue weighted by atomic mass is 32.2. The number of nitrogens with zero attached hydrogens (tertiary/aromatic N) is 3. The summed E-state index contributed by atoms with van der Waals surface area (Å²) in [5.41, 5.74) is 3.49. The predicted octanol–water partition coefficient (Wildman–Crippen LogP) is 5.26. The molecule has 1 N–H and O–H groups in total. The van der Waals surface area contributed by atoms with Gasteiger partial charge in [0.15, 0.2) is 5.82 Å². The first-order valence-corrected chi connectivity index (χ1v) is 10.1. The van der Waals surface area contributed by atoms with E-state index in [1.54, 1.807) is 34.4 Å². The molecule has 3 heterocycles. The van der Waals surface area contributed by atoms with Gasteiger partial charge in [0.25, 0.3) is 0 Å². The molecule has 0 aliphatic heterocycles. The fourth-order valence-electron chi connectivity index (χ4n) is 2.17. The molecule has 0 spiro atoms. The van der Waals surface area contributed by atoms with Gasteiger partial charge >= 0.3 is 0 Å². The van der Waals surface area contributed by atoms with E-state index < -0.39 is 0 Å². The molecule has 0 unspecified atom stereocenters. The molecule has 0 radical (unpaired) electrons. The molecule has 0 saturated carbocycles. The third kappa shape index (κ3) is 3.43. The number of rotatable bonds is 5. The van der Waals surface area contributed by atoms with Crippen LogP contribution in [0.15, 0.2) is 52.3 Å². The van der Waals surface area contributed by atoms with Crippen LogP contribution in [-0.4, -0.2) is 20.2 Å². The minimum absolute atomic E-state index is 0.753. The molecule has 0 aliphatic rings. The number of benzene rings is 1. The summed E-state index contributed by atoms with van der Waals surface area (Å²) in [4.78, 5) is 10.3. The molecule has 0 atom stereocenters. The van der Waals surface area contributed by atoms with Crippen molar-refractivity contribution in [2.24, 2.45) is 0 Å². The molecule has 3 aromatic heterocycles. The Morgan fingerprint density at radius 1 is 1.08 bits per heavy atom. The van der Waals surface area contributed by atoms with Gasteiger partial charge < -0.3 is 0 Å². The maximum absolute atomic E-state index is 4.72. The van der Waals surface area contributed by atoms with Crippen molar-refractivity contribution in [2.45, 2.75) is 17.8 Å². The first-order chi connectivity index (χ1) is 11.8. The van der Waals surface area contributed by atoms with Crippen LogP contribution in [0.4, 0.5) is 0 Å². The van der Waals surface area contributed by atoms with Crippen LogP contribution in [0.1, 0.15) is 11.3 Å². The fraction of sp³-hybridized carbons (Fsp3) is 0.118. The van der Waals surface area contributed by atoms with Crippen LogP contribution >= 0.6 is 34.4 Å². The van der Waals surface area contributed by atoms with Gasteiger partial charge in [-0.3, -0.25) is 5.10 Å². The molecule has 4 rings (SSSR count).